The SMILES string of the molecule is CCOP(=O)(O)CC(=O)Cc1ccccc1. The molecule has 0 radical (unpaired) electrons. The van der Waals surface area contributed by atoms with Crippen molar-refractivity contribution in [3.05, 3.63) is 35.9 Å². The van der Waals surface area contributed by atoms with Crippen molar-refractivity contribution in [2.75, 3.05) is 12.8 Å². The molecule has 0 bridgehead atoms. The number of carbonyl (C=O) groups excluding carboxylic acids is 1. The highest BCUT2D eigenvalue weighted by atomic mass is 31.2. The van der Waals surface area contributed by atoms with Crippen LogP contribution >= 0.6 is 7.60 Å². The van der Waals surface area contributed by atoms with Crippen LogP contribution in [-0.2, 0) is 20.3 Å². The Morgan fingerprint density at radius 3 is 2.56 bits per heavy atom. The molecule has 1 N–H and O–H groups in total. The first-order valence-electron chi connectivity index (χ1n) is 5.05. The first-order valence-corrected chi connectivity index (χ1v) is 6.82. The lowest BCUT2D eigenvalue weighted by molar-refractivity contribution is -0.116. The van der Waals surface area contributed by atoms with Gasteiger partial charge in [-0.05, 0) is 12.5 Å². The van der Waals surface area contributed by atoms with E-state index in [2.05, 4.69) is 4.52 Å². The van der Waals surface area contributed by atoms with E-state index in [4.69, 9.17) is 0 Å². The van der Waals surface area contributed by atoms with Crippen molar-refractivity contribution >= 4 is 13.4 Å². The summed E-state index contributed by atoms with van der Waals surface area (Å²) < 4.78 is 16.0. The first kappa shape index (κ1) is 13.1. The number of benzene rings is 1. The van der Waals surface area contributed by atoms with Crippen LogP contribution in [0.4, 0.5) is 0 Å². The second-order valence-electron chi connectivity index (χ2n) is 3.41. The topological polar surface area (TPSA) is 63.6 Å². The summed E-state index contributed by atoms with van der Waals surface area (Å²) in [6.45, 7) is 1.75. The van der Waals surface area contributed by atoms with E-state index in [-0.39, 0.29) is 18.8 Å². The minimum absolute atomic E-state index is 0.131. The van der Waals surface area contributed by atoms with Crippen molar-refractivity contribution < 1.29 is 18.8 Å². The highest BCUT2D eigenvalue weighted by Crippen LogP contribution is 2.41. The summed E-state index contributed by atoms with van der Waals surface area (Å²) in [7, 11) is -3.74. The first-order chi connectivity index (χ1) is 7.53. The number of hydrogen-bond donors (Lipinski definition) is 1. The molecule has 1 rings (SSSR count). The number of Topliss-reactive ketones (excluding diaryl/α,β-unsaturated/α-hetero) is 1. The smallest absolute Gasteiger partial charge is 0.324 e. The molecule has 1 unspecified atom stereocenters. The molecule has 4 nitrogen and oxygen atoms in total. The Labute approximate surface area is 94.8 Å². The summed E-state index contributed by atoms with van der Waals surface area (Å²) in [5.74, 6) is -0.287. The molecule has 5 heteroatoms. The van der Waals surface area contributed by atoms with Gasteiger partial charge in [-0.25, -0.2) is 0 Å². The van der Waals surface area contributed by atoms with Crippen LogP contribution in [0.2, 0.25) is 0 Å². The second kappa shape index (κ2) is 5.94. The number of carbonyl (C=O) groups is 1. The minimum atomic E-state index is -3.74. The van der Waals surface area contributed by atoms with Gasteiger partial charge in [-0.2, -0.15) is 0 Å². The third-order valence-corrected chi connectivity index (χ3v) is 3.37. The van der Waals surface area contributed by atoms with E-state index in [1.807, 2.05) is 18.2 Å². The Morgan fingerprint density at radius 1 is 1.38 bits per heavy atom. The van der Waals surface area contributed by atoms with Gasteiger partial charge in [-0.1, -0.05) is 30.3 Å². The summed E-state index contributed by atoms with van der Waals surface area (Å²) in [5, 5.41) is 0. The van der Waals surface area contributed by atoms with Crippen molar-refractivity contribution in [2.24, 2.45) is 0 Å². The Balaban J connectivity index is 2.51. The molecule has 0 aliphatic rings. The number of hydrogen-bond acceptors (Lipinski definition) is 3. The van der Waals surface area contributed by atoms with Crippen LogP contribution in [0.3, 0.4) is 0 Å². The Bertz CT molecular complexity index is 388. The van der Waals surface area contributed by atoms with Gasteiger partial charge in [0.15, 0.2) is 0 Å². The van der Waals surface area contributed by atoms with E-state index < -0.39 is 13.8 Å². The normalized spacial score (nSPS) is 14.4. The summed E-state index contributed by atoms with van der Waals surface area (Å²) >= 11 is 0. The van der Waals surface area contributed by atoms with E-state index in [9.17, 15) is 14.3 Å². The van der Waals surface area contributed by atoms with E-state index in [0.717, 1.165) is 5.56 Å². The molecule has 0 heterocycles. The van der Waals surface area contributed by atoms with Crippen molar-refractivity contribution in [3.63, 3.8) is 0 Å². The van der Waals surface area contributed by atoms with Gasteiger partial charge in [0.05, 0.1) is 6.61 Å². The van der Waals surface area contributed by atoms with Gasteiger partial charge >= 0.3 is 7.60 Å². The van der Waals surface area contributed by atoms with Gasteiger partial charge in [-0.15, -0.1) is 0 Å². The fourth-order valence-electron chi connectivity index (χ4n) is 1.35. The summed E-state index contributed by atoms with van der Waals surface area (Å²) in [6, 6.07) is 9.11. The number of rotatable bonds is 6. The van der Waals surface area contributed by atoms with Gasteiger partial charge in [-0.3, -0.25) is 9.36 Å². The maximum atomic E-state index is 11.5. The zero-order valence-electron chi connectivity index (χ0n) is 9.13. The molecule has 0 saturated carbocycles. The van der Waals surface area contributed by atoms with Gasteiger partial charge in [0.2, 0.25) is 0 Å². The predicted octanol–water partition coefficient (Wildman–Crippen LogP) is 2.02. The fraction of sp³-hybridized carbons (Fsp3) is 0.364. The molecule has 0 aliphatic carbocycles. The monoisotopic (exact) mass is 242 g/mol. The molecule has 1 atom stereocenters. The molecule has 0 amide bonds. The van der Waals surface area contributed by atoms with Crippen LogP contribution in [0.25, 0.3) is 0 Å². The maximum absolute atomic E-state index is 11.5. The second-order valence-corrected chi connectivity index (χ2v) is 5.26. The average Bonchev–Trinajstić information content (AvgIpc) is 2.17. The Morgan fingerprint density at radius 2 is 2.00 bits per heavy atom. The Hall–Kier alpha value is -0.960. The standard InChI is InChI=1S/C11H15O4P/c1-2-15-16(13,14)9-11(12)8-10-6-4-3-5-7-10/h3-7H,2,8-9H2,1H3,(H,13,14). The molecule has 88 valence electrons. The lowest BCUT2D eigenvalue weighted by Gasteiger charge is -2.09. The van der Waals surface area contributed by atoms with Crippen molar-refractivity contribution in [3.8, 4) is 0 Å². The number of ketones is 1. The molecule has 0 aromatic heterocycles. The molecule has 0 aliphatic heterocycles. The van der Waals surface area contributed by atoms with Crippen LogP contribution in [0, 0.1) is 0 Å². The van der Waals surface area contributed by atoms with Gasteiger partial charge in [0.25, 0.3) is 0 Å². The van der Waals surface area contributed by atoms with Gasteiger partial charge in [0.1, 0.15) is 11.9 Å². The molecule has 16 heavy (non-hydrogen) atoms. The van der Waals surface area contributed by atoms with E-state index in [1.165, 1.54) is 0 Å². The lowest BCUT2D eigenvalue weighted by Crippen LogP contribution is -2.10. The zero-order valence-corrected chi connectivity index (χ0v) is 10.0. The molecule has 1 aromatic rings. The summed E-state index contributed by atoms with van der Waals surface area (Å²) in [5.41, 5.74) is 0.837. The van der Waals surface area contributed by atoms with Crippen LogP contribution in [0.5, 0.6) is 0 Å². The molecule has 0 fully saturated rings. The van der Waals surface area contributed by atoms with E-state index in [1.54, 1.807) is 19.1 Å². The highest BCUT2D eigenvalue weighted by Gasteiger charge is 2.22. The summed E-state index contributed by atoms with van der Waals surface area (Å²) in [4.78, 5) is 20.8. The molecular weight excluding hydrogens is 227 g/mol. The van der Waals surface area contributed by atoms with Crippen LogP contribution in [0.15, 0.2) is 30.3 Å². The van der Waals surface area contributed by atoms with Crippen LogP contribution in [0.1, 0.15) is 12.5 Å². The van der Waals surface area contributed by atoms with Crippen molar-refractivity contribution in [1.82, 2.24) is 0 Å². The van der Waals surface area contributed by atoms with E-state index in [0.29, 0.717) is 0 Å². The van der Waals surface area contributed by atoms with Crippen LogP contribution < -0.4 is 0 Å². The third kappa shape index (κ3) is 4.71. The Kier molecular flexibility index (Phi) is 4.87. The fourth-order valence-corrected chi connectivity index (χ4v) is 2.40. The highest BCUT2D eigenvalue weighted by molar-refractivity contribution is 7.53. The van der Waals surface area contributed by atoms with Crippen molar-refractivity contribution in [1.29, 1.82) is 0 Å². The molecule has 1 aromatic carbocycles. The van der Waals surface area contributed by atoms with Crippen LogP contribution in [-0.4, -0.2) is 23.4 Å². The lowest BCUT2D eigenvalue weighted by atomic mass is 10.1. The molecule has 0 saturated heterocycles. The summed E-state index contributed by atoms with van der Waals surface area (Å²) in [6.07, 6.45) is -0.256. The quantitative estimate of drug-likeness (QED) is 0.775. The van der Waals surface area contributed by atoms with Crippen molar-refractivity contribution in [2.45, 2.75) is 13.3 Å². The van der Waals surface area contributed by atoms with E-state index >= 15 is 0 Å². The third-order valence-electron chi connectivity index (χ3n) is 1.95. The predicted molar refractivity (Wildman–Crippen MR) is 61.5 cm³/mol. The largest absolute Gasteiger partial charge is 0.335 e. The average molecular weight is 242 g/mol. The van der Waals surface area contributed by atoms with Gasteiger partial charge in [0, 0.05) is 6.42 Å². The zero-order chi connectivity index (χ0) is 12.0. The molecule has 0 spiro atoms. The van der Waals surface area contributed by atoms with Gasteiger partial charge < -0.3 is 9.42 Å². The maximum Gasteiger partial charge on any atom is 0.335 e. The molecular formula is C11H15O4P. The minimum Gasteiger partial charge on any atom is -0.324 e.